The van der Waals surface area contributed by atoms with Crippen molar-refractivity contribution in [3.8, 4) is 5.88 Å². The Morgan fingerprint density at radius 3 is 2.64 bits per heavy atom. The Hall–Kier alpha value is -1.63. The summed E-state index contributed by atoms with van der Waals surface area (Å²) in [6.45, 7) is 1.35. The smallest absolute Gasteiger partial charge is 0.359 e. The summed E-state index contributed by atoms with van der Waals surface area (Å²) in [5.74, 6) is -0.355. The molecule has 0 aliphatic heterocycles. The van der Waals surface area contributed by atoms with Crippen molar-refractivity contribution < 1.29 is 14.5 Å². The summed E-state index contributed by atoms with van der Waals surface area (Å²) in [5, 5.41) is 24.4. The molecule has 1 aromatic rings. The molecule has 0 saturated carbocycles. The van der Waals surface area contributed by atoms with E-state index in [1.807, 2.05) is 0 Å². The summed E-state index contributed by atoms with van der Waals surface area (Å²) in [5.41, 5.74) is -0.372. The van der Waals surface area contributed by atoms with Crippen LogP contribution in [0.2, 0.25) is 5.15 Å². The molecule has 0 fully saturated rings. The average molecular weight is 220 g/mol. The van der Waals surface area contributed by atoms with E-state index < -0.39 is 10.6 Å². The molecule has 1 heterocycles. The minimum absolute atomic E-state index is 0.0264. The van der Waals surface area contributed by atoms with Crippen molar-refractivity contribution in [1.82, 2.24) is 5.10 Å². The predicted octanol–water partition coefficient (Wildman–Crippen LogP) is 0.594. The van der Waals surface area contributed by atoms with E-state index in [0.29, 0.717) is 0 Å². The molecule has 0 aromatic carbocycles. The van der Waals surface area contributed by atoms with Gasteiger partial charge in [-0.1, -0.05) is 0 Å². The van der Waals surface area contributed by atoms with Crippen LogP contribution in [0.4, 0.5) is 5.69 Å². The number of aromatic nitrogens is 2. The number of rotatable bonds is 2. The third-order valence-corrected chi connectivity index (χ3v) is 2.02. The Labute approximate surface area is 83.6 Å². The van der Waals surface area contributed by atoms with E-state index in [2.05, 4.69) is 9.84 Å². The third kappa shape index (κ3) is 1.53. The fraction of sp³-hybridized carbons (Fsp3) is 0.333. The molecule has 0 aliphatic carbocycles. The van der Waals surface area contributed by atoms with Gasteiger partial charge in [0, 0.05) is 0 Å². The maximum Gasteiger partial charge on any atom is 0.359 e. The molecule has 0 atom stereocenters. The second kappa shape index (κ2) is 3.62. The molecule has 0 bridgehead atoms. The standard InChI is InChI=1S/C6H6ClN3O4/c1-3-4(10(12)13)6(14-2)8-9(11)5(3)7/h1-2H3. The molecular weight excluding hydrogens is 214 g/mol. The van der Waals surface area contributed by atoms with Gasteiger partial charge in [-0.3, -0.25) is 10.1 Å². The van der Waals surface area contributed by atoms with E-state index in [4.69, 9.17) is 11.6 Å². The second-order valence-corrected chi connectivity index (χ2v) is 2.76. The van der Waals surface area contributed by atoms with E-state index in [-0.39, 0.29) is 21.4 Å². The quantitative estimate of drug-likeness (QED) is 0.314. The molecule has 0 unspecified atom stereocenters. The Kier molecular flexibility index (Phi) is 2.70. The fourth-order valence-electron chi connectivity index (χ4n) is 0.928. The molecule has 0 amide bonds. The molecule has 1 aromatic heterocycles. The molecule has 8 heteroatoms. The van der Waals surface area contributed by atoms with Crippen molar-refractivity contribution in [3.63, 3.8) is 0 Å². The van der Waals surface area contributed by atoms with Crippen LogP contribution in [0.1, 0.15) is 5.56 Å². The Morgan fingerprint density at radius 2 is 2.21 bits per heavy atom. The fourth-order valence-corrected chi connectivity index (χ4v) is 1.06. The van der Waals surface area contributed by atoms with E-state index in [0.717, 1.165) is 0 Å². The molecular formula is C6H6ClN3O4. The zero-order chi connectivity index (χ0) is 10.9. The SMILES string of the molecule is COc1n[n+]([O-])c(Cl)c(C)c1[N+](=O)[O-]. The first-order valence-electron chi connectivity index (χ1n) is 3.47. The molecule has 0 N–H and O–H groups in total. The van der Waals surface area contributed by atoms with E-state index in [9.17, 15) is 15.3 Å². The average Bonchev–Trinajstić information content (AvgIpc) is 2.12. The van der Waals surface area contributed by atoms with E-state index in [1.54, 1.807) is 0 Å². The highest BCUT2D eigenvalue weighted by atomic mass is 35.5. The zero-order valence-electron chi connectivity index (χ0n) is 7.35. The summed E-state index contributed by atoms with van der Waals surface area (Å²) >= 11 is 5.48. The maximum absolute atomic E-state index is 11.0. The predicted molar refractivity (Wildman–Crippen MR) is 46.2 cm³/mol. The van der Waals surface area contributed by atoms with Crippen LogP contribution in [-0.4, -0.2) is 17.1 Å². The van der Waals surface area contributed by atoms with Crippen LogP contribution in [0.3, 0.4) is 0 Å². The lowest BCUT2D eigenvalue weighted by molar-refractivity contribution is -0.668. The van der Waals surface area contributed by atoms with Gasteiger partial charge in [0.1, 0.15) is 5.56 Å². The van der Waals surface area contributed by atoms with Gasteiger partial charge >= 0.3 is 16.7 Å². The van der Waals surface area contributed by atoms with Crippen molar-refractivity contribution in [3.05, 3.63) is 26.0 Å². The Bertz CT molecular complexity index is 395. The van der Waals surface area contributed by atoms with Crippen LogP contribution in [0.5, 0.6) is 5.88 Å². The number of nitrogens with zero attached hydrogens (tertiary/aromatic N) is 3. The molecule has 0 saturated heterocycles. The summed E-state index contributed by atoms with van der Waals surface area (Å²) < 4.78 is 4.59. The summed E-state index contributed by atoms with van der Waals surface area (Å²) in [4.78, 5) is 9.95. The number of hydrogen-bond donors (Lipinski definition) is 0. The van der Waals surface area contributed by atoms with Gasteiger partial charge in [-0.25, -0.2) is 0 Å². The van der Waals surface area contributed by atoms with Crippen molar-refractivity contribution in [2.45, 2.75) is 6.92 Å². The molecule has 14 heavy (non-hydrogen) atoms. The number of methoxy groups -OCH3 is 1. The summed E-state index contributed by atoms with van der Waals surface area (Å²) in [6.07, 6.45) is 0. The minimum atomic E-state index is -0.701. The first-order chi connectivity index (χ1) is 6.49. The van der Waals surface area contributed by atoms with Crippen molar-refractivity contribution in [1.29, 1.82) is 0 Å². The van der Waals surface area contributed by atoms with Crippen LogP contribution >= 0.6 is 11.6 Å². The van der Waals surface area contributed by atoms with E-state index >= 15 is 0 Å². The van der Waals surface area contributed by atoms with Gasteiger partial charge in [0.25, 0.3) is 0 Å². The van der Waals surface area contributed by atoms with Gasteiger partial charge in [-0.2, -0.15) is 0 Å². The molecule has 0 radical (unpaired) electrons. The summed E-state index contributed by atoms with van der Waals surface area (Å²) in [6, 6.07) is 0. The van der Waals surface area contributed by atoms with Gasteiger partial charge in [0.2, 0.25) is 0 Å². The second-order valence-electron chi connectivity index (χ2n) is 2.40. The molecule has 1 rings (SSSR count). The van der Waals surface area contributed by atoms with Crippen LogP contribution < -0.4 is 9.58 Å². The lowest BCUT2D eigenvalue weighted by Gasteiger charge is -2.03. The number of halogens is 1. The largest absolute Gasteiger partial charge is 0.593 e. The highest BCUT2D eigenvalue weighted by molar-refractivity contribution is 6.29. The van der Waals surface area contributed by atoms with E-state index in [1.165, 1.54) is 14.0 Å². The van der Waals surface area contributed by atoms with Crippen LogP contribution in [-0.2, 0) is 0 Å². The molecule has 0 aliphatic rings. The van der Waals surface area contributed by atoms with Gasteiger partial charge < -0.3 is 9.94 Å². The van der Waals surface area contributed by atoms with Gasteiger partial charge in [0.15, 0.2) is 0 Å². The first kappa shape index (κ1) is 10.5. The van der Waals surface area contributed by atoms with Crippen LogP contribution in [0, 0.1) is 22.2 Å². The lowest BCUT2D eigenvalue weighted by Crippen LogP contribution is -2.34. The number of ether oxygens (including phenoxy) is 1. The zero-order valence-corrected chi connectivity index (χ0v) is 8.11. The molecule has 0 spiro atoms. The lowest BCUT2D eigenvalue weighted by atomic mass is 10.3. The van der Waals surface area contributed by atoms with Gasteiger partial charge in [-0.05, 0) is 23.4 Å². The molecule has 76 valence electrons. The number of nitro groups is 1. The van der Waals surface area contributed by atoms with Crippen molar-refractivity contribution >= 4 is 17.3 Å². The van der Waals surface area contributed by atoms with Crippen molar-refractivity contribution in [2.24, 2.45) is 0 Å². The Morgan fingerprint density at radius 1 is 1.64 bits per heavy atom. The van der Waals surface area contributed by atoms with Crippen molar-refractivity contribution in [2.75, 3.05) is 7.11 Å². The van der Waals surface area contributed by atoms with Crippen LogP contribution in [0.15, 0.2) is 0 Å². The summed E-state index contributed by atoms with van der Waals surface area (Å²) in [7, 11) is 1.18. The normalized spacial score (nSPS) is 9.93. The van der Waals surface area contributed by atoms with Gasteiger partial charge in [-0.15, -0.1) is 0 Å². The number of hydrogen-bond acceptors (Lipinski definition) is 5. The Balaban J connectivity index is 3.53. The monoisotopic (exact) mass is 219 g/mol. The van der Waals surface area contributed by atoms with Crippen LogP contribution in [0.25, 0.3) is 0 Å². The highest BCUT2D eigenvalue weighted by Crippen LogP contribution is 2.29. The molecule has 7 nitrogen and oxygen atoms in total. The third-order valence-electron chi connectivity index (χ3n) is 1.59. The van der Waals surface area contributed by atoms with Gasteiger partial charge in [0.05, 0.1) is 17.1 Å². The first-order valence-corrected chi connectivity index (χ1v) is 3.85. The highest BCUT2D eigenvalue weighted by Gasteiger charge is 2.29. The topological polar surface area (TPSA) is 92.2 Å². The minimum Gasteiger partial charge on any atom is -0.593 e. The maximum atomic E-state index is 11.0.